The van der Waals surface area contributed by atoms with E-state index in [4.69, 9.17) is 11.5 Å². The average molecular weight is 311 g/mol. The van der Waals surface area contributed by atoms with Crippen molar-refractivity contribution in [2.75, 3.05) is 23.7 Å². The molecule has 1 aromatic heterocycles. The normalized spacial score (nSPS) is 15.2. The van der Waals surface area contributed by atoms with Gasteiger partial charge in [0.1, 0.15) is 10.7 Å². The molecule has 116 valence electrons. The van der Waals surface area contributed by atoms with Crippen LogP contribution in [0, 0.1) is 0 Å². The zero-order valence-corrected chi connectivity index (χ0v) is 13.1. The van der Waals surface area contributed by atoms with E-state index in [1.54, 1.807) is 13.8 Å². The third-order valence-corrected chi connectivity index (χ3v) is 4.42. The molecule has 2 heterocycles. The second-order valence-corrected chi connectivity index (χ2v) is 6.86. The highest BCUT2D eigenvalue weighted by Crippen LogP contribution is 2.30. The lowest BCUT2D eigenvalue weighted by Crippen LogP contribution is -2.45. The third-order valence-electron chi connectivity index (χ3n) is 3.29. The molecule has 1 aliphatic rings. The number of carbonyl (C=O) groups excluding carboxylic acids is 2. The van der Waals surface area contributed by atoms with Gasteiger partial charge in [-0.2, -0.15) is 0 Å². The fourth-order valence-electron chi connectivity index (χ4n) is 2.37. The first-order chi connectivity index (χ1) is 9.78. The van der Waals surface area contributed by atoms with E-state index in [-0.39, 0.29) is 18.1 Å². The van der Waals surface area contributed by atoms with Gasteiger partial charge in [0.15, 0.2) is 5.13 Å². The Labute approximate surface area is 127 Å². The number of aromatic nitrogens is 1. The number of primary amides is 1. The van der Waals surface area contributed by atoms with Gasteiger partial charge in [0.2, 0.25) is 5.91 Å². The number of hydrogen-bond donors (Lipinski definition) is 3. The number of nitrogens with two attached hydrogens (primary N) is 2. The van der Waals surface area contributed by atoms with Crippen molar-refractivity contribution in [2.24, 2.45) is 5.73 Å². The molecule has 8 heteroatoms. The van der Waals surface area contributed by atoms with Crippen LogP contribution in [0.3, 0.4) is 0 Å². The van der Waals surface area contributed by atoms with Crippen molar-refractivity contribution < 1.29 is 9.59 Å². The van der Waals surface area contributed by atoms with Crippen molar-refractivity contribution >= 4 is 34.1 Å². The predicted octanol–water partition coefficient (Wildman–Crippen LogP) is 0.709. The van der Waals surface area contributed by atoms with Crippen LogP contribution in [0.4, 0.5) is 10.9 Å². The maximum absolute atomic E-state index is 12.3. The van der Waals surface area contributed by atoms with Crippen molar-refractivity contribution in [3.63, 3.8) is 0 Å². The van der Waals surface area contributed by atoms with Gasteiger partial charge in [0.25, 0.3) is 5.91 Å². The van der Waals surface area contributed by atoms with Gasteiger partial charge in [-0.25, -0.2) is 4.98 Å². The Balaban J connectivity index is 2.10. The van der Waals surface area contributed by atoms with Crippen LogP contribution in [0.5, 0.6) is 0 Å². The van der Waals surface area contributed by atoms with Crippen LogP contribution in [0.2, 0.25) is 0 Å². The minimum Gasteiger partial charge on any atom is -0.382 e. The van der Waals surface area contributed by atoms with E-state index in [0.29, 0.717) is 4.88 Å². The molecule has 1 aliphatic heterocycles. The Morgan fingerprint density at radius 2 is 2.00 bits per heavy atom. The summed E-state index contributed by atoms with van der Waals surface area (Å²) in [5.41, 5.74) is 10.3. The minimum atomic E-state index is -0.715. The van der Waals surface area contributed by atoms with Crippen molar-refractivity contribution in [2.45, 2.75) is 38.6 Å². The summed E-state index contributed by atoms with van der Waals surface area (Å²) in [6.45, 7) is 5.38. The SMILES string of the molecule is CC(C)(CC(N)=O)NC(=O)c1sc(N2CCCC2)nc1N. The molecule has 0 aliphatic carbocycles. The van der Waals surface area contributed by atoms with Gasteiger partial charge in [0.05, 0.1) is 0 Å². The zero-order valence-electron chi connectivity index (χ0n) is 12.3. The molecule has 21 heavy (non-hydrogen) atoms. The molecule has 7 nitrogen and oxygen atoms in total. The van der Waals surface area contributed by atoms with E-state index >= 15 is 0 Å². The summed E-state index contributed by atoms with van der Waals surface area (Å²) >= 11 is 1.29. The van der Waals surface area contributed by atoms with Crippen LogP contribution in [0.15, 0.2) is 0 Å². The number of carbonyl (C=O) groups is 2. The molecule has 0 bridgehead atoms. The Morgan fingerprint density at radius 3 is 2.57 bits per heavy atom. The number of nitrogen functional groups attached to an aromatic ring is 1. The van der Waals surface area contributed by atoms with Crippen molar-refractivity contribution in [1.82, 2.24) is 10.3 Å². The summed E-state index contributed by atoms with van der Waals surface area (Å²) in [5.74, 6) is -0.550. The molecule has 0 unspecified atom stereocenters. The van der Waals surface area contributed by atoms with Crippen LogP contribution in [0.25, 0.3) is 0 Å². The average Bonchev–Trinajstić information content (AvgIpc) is 2.94. The van der Waals surface area contributed by atoms with E-state index in [0.717, 1.165) is 31.1 Å². The maximum atomic E-state index is 12.3. The highest BCUT2D eigenvalue weighted by atomic mass is 32.1. The highest BCUT2D eigenvalue weighted by Gasteiger charge is 2.27. The number of nitrogens with zero attached hydrogens (tertiary/aromatic N) is 2. The Hall–Kier alpha value is -1.83. The fraction of sp³-hybridized carbons (Fsp3) is 0.615. The smallest absolute Gasteiger partial charge is 0.265 e. The lowest BCUT2D eigenvalue weighted by atomic mass is 10.0. The molecule has 1 saturated heterocycles. The Bertz CT molecular complexity index is 549. The van der Waals surface area contributed by atoms with Gasteiger partial charge in [-0.3, -0.25) is 9.59 Å². The molecule has 1 fully saturated rings. The molecule has 1 aromatic rings. The molecular formula is C13H21N5O2S. The summed E-state index contributed by atoms with van der Waals surface area (Å²) in [4.78, 5) is 30.1. The first-order valence-corrected chi connectivity index (χ1v) is 7.72. The Kier molecular flexibility index (Phi) is 4.36. The topological polar surface area (TPSA) is 114 Å². The van der Waals surface area contributed by atoms with E-state index in [1.807, 2.05) is 0 Å². The van der Waals surface area contributed by atoms with Gasteiger partial charge < -0.3 is 21.7 Å². The summed E-state index contributed by atoms with van der Waals surface area (Å²) in [6.07, 6.45) is 2.33. The van der Waals surface area contributed by atoms with Crippen LogP contribution in [-0.2, 0) is 4.79 Å². The van der Waals surface area contributed by atoms with Crippen LogP contribution < -0.4 is 21.7 Å². The second-order valence-electron chi connectivity index (χ2n) is 5.89. The summed E-state index contributed by atoms with van der Waals surface area (Å²) in [5, 5.41) is 3.56. The van der Waals surface area contributed by atoms with Crippen molar-refractivity contribution in [3.8, 4) is 0 Å². The molecule has 0 radical (unpaired) electrons. The van der Waals surface area contributed by atoms with Crippen LogP contribution >= 0.6 is 11.3 Å². The summed E-state index contributed by atoms with van der Waals surface area (Å²) in [7, 11) is 0. The number of anilines is 2. The van der Waals surface area contributed by atoms with Gasteiger partial charge >= 0.3 is 0 Å². The van der Waals surface area contributed by atoms with E-state index in [1.165, 1.54) is 11.3 Å². The van der Waals surface area contributed by atoms with Crippen molar-refractivity contribution in [3.05, 3.63) is 4.88 Å². The first-order valence-electron chi connectivity index (χ1n) is 6.90. The highest BCUT2D eigenvalue weighted by molar-refractivity contribution is 7.18. The number of rotatable bonds is 5. The number of thiazole rings is 1. The number of hydrogen-bond acceptors (Lipinski definition) is 6. The minimum absolute atomic E-state index is 0.0659. The maximum Gasteiger partial charge on any atom is 0.265 e. The van der Waals surface area contributed by atoms with Crippen LogP contribution in [-0.4, -0.2) is 35.4 Å². The molecule has 5 N–H and O–H groups in total. The zero-order chi connectivity index (χ0) is 15.6. The molecule has 2 rings (SSSR count). The van der Waals surface area contributed by atoms with E-state index in [2.05, 4.69) is 15.2 Å². The van der Waals surface area contributed by atoms with Gasteiger partial charge in [0, 0.05) is 25.0 Å². The third kappa shape index (κ3) is 3.84. The number of nitrogens with one attached hydrogen (secondary N) is 1. The quantitative estimate of drug-likeness (QED) is 0.741. The monoisotopic (exact) mass is 311 g/mol. The van der Waals surface area contributed by atoms with Crippen LogP contribution in [0.1, 0.15) is 42.8 Å². The van der Waals surface area contributed by atoms with Gasteiger partial charge in [-0.05, 0) is 26.7 Å². The molecule has 2 amide bonds. The summed E-state index contributed by atoms with van der Waals surface area (Å²) in [6, 6.07) is 0. The fourth-order valence-corrected chi connectivity index (χ4v) is 3.30. The number of amides is 2. The van der Waals surface area contributed by atoms with Crippen molar-refractivity contribution in [1.29, 1.82) is 0 Å². The van der Waals surface area contributed by atoms with Gasteiger partial charge in [-0.1, -0.05) is 11.3 Å². The lowest BCUT2D eigenvalue weighted by molar-refractivity contribution is -0.119. The van der Waals surface area contributed by atoms with E-state index < -0.39 is 11.4 Å². The van der Waals surface area contributed by atoms with Gasteiger partial charge in [-0.15, -0.1) is 0 Å². The lowest BCUT2D eigenvalue weighted by Gasteiger charge is -2.24. The predicted molar refractivity (Wildman–Crippen MR) is 83.3 cm³/mol. The largest absolute Gasteiger partial charge is 0.382 e. The molecule has 0 aromatic carbocycles. The first kappa shape index (κ1) is 15.6. The standard InChI is InChI=1S/C13H21N5O2S/c1-13(2,7-8(14)19)17-11(20)9-10(15)16-12(21-9)18-5-3-4-6-18/h3-7,15H2,1-2H3,(H2,14,19)(H,17,20). The molecule has 0 atom stereocenters. The Morgan fingerprint density at radius 1 is 1.38 bits per heavy atom. The van der Waals surface area contributed by atoms with E-state index in [9.17, 15) is 9.59 Å². The second kappa shape index (κ2) is 5.88. The molecule has 0 spiro atoms. The molecular weight excluding hydrogens is 290 g/mol. The summed E-state index contributed by atoms with van der Waals surface area (Å²) < 4.78 is 0. The molecule has 0 saturated carbocycles.